The van der Waals surface area contributed by atoms with Crippen molar-refractivity contribution >= 4 is 5.71 Å². The van der Waals surface area contributed by atoms with Crippen LogP contribution in [0.3, 0.4) is 0 Å². The van der Waals surface area contributed by atoms with E-state index in [2.05, 4.69) is 5.16 Å². The summed E-state index contributed by atoms with van der Waals surface area (Å²) in [6, 6.07) is 14.7. The molecule has 2 aromatic rings. The topological polar surface area (TPSA) is 30.8 Å². The monoisotopic (exact) mass is 287 g/mol. The Morgan fingerprint density at radius 2 is 1.90 bits per heavy atom. The van der Waals surface area contributed by atoms with Crippen LogP contribution < -0.4 is 0 Å². The molecule has 4 heteroatoms. The fraction of sp³-hybridized carbons (Fsp3) is 0.235. The molecular formula is C17H18FNO2. The molecule has 2 aromatic carbocycles. The van der Waals surface area contributed by atoms with Crippen LogP contribution in [-0.4, -0.2) is 19.4 Å². The van der Waals surface area contributed by atoms with E-state index in [1.807, 2.05) is 36.4 Å². The van der Waals surface area contributed by atoms with Crippen molar-refractivity contribution in [3.8, 4) is 0 Å². The Balaban J connectivity index is 2.10. The molecule has 0 saturated carbocycles. The predicted octanol–water partition coefficient (Wildman–Crippen LogP) is 3.70. The van der Waals surface area contributed by atoms with Crippen molar-refractivity contribution in [2.45, 2.75) is 13.5 Å². The molecule has 0 unspecified atom stereocenters. The predicted molar refractivity (Wildman–Crippen MR) is 80.8 cm³/mol. The molecule has 0 aliphatic heterocycles. The maximum atomic E-state index is 13.6. The molecule has 0 aliphatic carbocycles. The third-order valence-corrected chi connectivity index (χ3v) is 3.03. The van der Waals surface area contributed by atoms with Gasteiger partial charge in [-0.1, -0.05) is 47.6 Å². The van der Waals surface area contributed by atoms with Crippen LogP contribution in [0.25, 0.3) is 0 Å². The van der Waals surface area contributed by atoms with Crippen LogP contribution in [0.5, 0.6) is 0 Å². The highest BCUT2D eigenvalue weighted by atomic mass is 19.1. The van der Waals surface area contributed by atoms with Crippen molar-refractivity contribution in [2.75, 3.05) is 13.7 Å². The summed E-state index contributed by atoms with van der Waals surface area (Å²) in [6.45, 7) is 2.35. The molecule has 0 radical (unpaired) electrons. The zero-order valence-corrected chi connectivity index (χ0v) is 12.2. The summed E-state index contributed by atoms with van der Waals surface area (Å²) in [4.78, 5) is 5.34. The van der Waals surface area contributed by atoms with Gasteiger partial charge in [0, 0.05) is 12.7 Å². The van der Waals surface area contributed by atoms with E-state index < -0.39 is 0 Å². The molecule has 110 valence electrons. The lowest BCUT2D eigenvalue weighted by Gasteiger charge is -2.07. The molecule has 0 aromatic heterocycles. The molecule has 3 nitrogen and oxygen atoms in total. The molecule has 0 amide bonds. The zero-order valence-electron chi connectivity index (χ0n) is 12.2. The van der Waals surface area contributed by atoms with Crippen LogP contribution in [0, 0.1) is 12.7 Å². The van der Waals surface area contributed by atoms with E-state index in [4.69, 9.17) is 9.57 Å². The number of rotatable bonds is 6. The minimum Gasteiger partial charge on any atom is -0.391 e. The Hall–Kier alpha value is -2.20. The summed E-state index contributed by atoms with van der Waals surface area (Å²) in [7, 11) is 1.57. The van der Waals surface area contributed by atoms with Crippen molar-refractivity contribution in [1.29, 1.82) is 0 Å². The van der Waals surface area contributed by atoms with Gasteiger partial charge < -0.3 is 9.57 Å². The van der Waals surface area contributed by atoms with Crippen LogP contribution in [0.4, 0.5) is 4.39 Å². The smallest absolute Gasteiger partial charge is 0.142 e. The highest BCUT2D eigenvalue weighted by Gasteiger charge is 2.07. The summed E-state index contributed by atoms with van der Waals surface area (Å²) in [6.07, 6.45) is 0. The van der Waals surface area contributed by atoms with Crippen LogP contribution in [0.1, 0.15) is 16.7 Å². The Morgan fingerprint density at radius 1 is 1.14 bits per heavy atom. The molecule has 2 rings (SSSR count). The van der Waals surface area contributed by atoms with Gasteiger partial charge in [0.1, 0.15) is 18.1 Å². The summed E-state index contributed by atoms with van der Waals surface area (Å²) in [5, 5.41) is 4.07. The molecule has 0 atom stereocenters. The molecule has 0 spiro atoms. The van der Waals surface area contributed by atoms with Gasteiger partial charge >= 0.3 is 0 Å². The van der Waals surface area contributed by atoms with Gasteiger partial charge in [-0.05, 0) is 24.1 Å². The summed E-state index contributed by atoms with van der Waals surface area (Å²) in [5.41, 5.74) is 2.84. The van der Waals surface area contributed by atoms with E-state index in [0.717, 1.165) is 5.56 Å². The fourth-order valence-electron chi connectivity index (χ4n) is 1.83. The molecule has 0 aliphatic rings. The van der Waals surface area contributed by atoms with Gasteiger partial charge in [-0.15, -0.1) is 0 Å². The van der Waals surface area contributed by atoms with Gasteiger partial charge in [-0.25, -0.2) is 4.39 Å². The molecule has 0 fully saturated rings. The molecule has 0 saturated heterocycles. The largest absolute Gasteiger partial charge is 0.391 e. The van der Waals surface area contributed by atoms with Gasteiger partial charge in [0.25, 0.3) is 0 Å². The third-order valence-electron chi connectivity index (χ3n) is 3.03. The fourth-order valence-corrected chi connectivity index (χ4v) is 1.83. The van der Waals surface area contributed by atoms with Gasteiger partial charge in [0.05, 0.1) is 6.61 Å². The summed E-state index contributed by atoms with van der Waals surface area (Å²) < 4.78 is 18.7. The molecule has 21 heavy (non-hydrogen) atoms. The number of halogens is 1. The SMILES string of the molecule is COC/C(=N\OCc1ccccc1)c1ccc(C)c(F)c1. The Bertz CT molecular complexity index is 611. The maximum absolute atomic E-state index is 13.6. The van der Waals surface area contributed by atoms with Crippen LogP contribution in [0.2, 0.25) is 0 Å². The minimum atomic E-state index is -0.264. The van der Waals surface area contributed by atoms with Gasteiger partial charge in [-0.2, -0.15) is 0 Å². The Labute approximate surface area is 124 Å². The highest BCUT2D eigenvalue weighted by molar-refractivity contribution is 6.01. The van der Waals surface area contributed by atoms with Crippen LogP contribution in [-0.2, 0) is 16.2 Å². The molecular weight excluding hydrogens is 269 g/mol. The molecule has 0 bridgehead atoms. The number of ether oxygens (including phenoxy) is 1. The number of benzene rings is 2. The van der Waals surface area contributed by atoms with Gasteiger partial charge in [-0.3, -0.25) is 0 Å². The van der Waals surface area contributed by atoms with Crippen LogP contribution in [0.15, 0.2) is 53.7 Å². The molecule has 0 heterocycles. The Morgan fingerprint density at radius 3 is 2.57 bits per heavy atom. The first-order valence-electron chi connectivity index (χ1n) is 6.69. The number of hydrogen-bond donors (Lipinski definition) is 0. The van der Waals surface area contributed by atoms with Crippen molar-refractivity contribution in [2.24, 2.45) is 5.16 Å². The van der Waals surface area contributed by atoms with Crippen molar-refractivity contribution in [1.82, 2.24) is 0 Å². The van der Waals surface area contributed by atoms with E-state index >= 15 is 0 Å². The third kappa shape index (κ3) is 4.39. The van der Waals surface area contributed by atoms with E-state index in [1.54, 1.807) is 20.1 Å². The second kappa shape index (κ2) is 7.55. The lowest BCUT2D eigenvalue weighted by molar-refractivity contribution is 0.127. The van der Waals surface area contributed by atoms with Crippen molar-refractivity contribution in [3.05, 3.63) is 71.0 Å². The highest BCUT2D eigenvalue weighted by Crippen LogP contribution is 2.11. The average Bonchev–Trinajstić information content (AvgIpc) is 2.50. The zero-order chi connectivity index (χ0) is 15.1. The van der Waals surface area contributed by atoms with Crippen molar-refractivity contribution < 1.29 is 14.0 Å². The quantitative estimate of drug-likeness (QED) is 0.599. The second-order valence-electron chi connectivity index (χ2n) is 4.69. The van der Waals surface area contributed by atoms with E-state index in [1.165, 1.54) is 6.07 Å². The first-order valence-corrected chi connectivity index (χ1v) is 6.69. The summed E-state index contributed by atoms with van der Waals surface area (Å²) in [5.74, 6) is -0.264. The minimum absolute atomic E-state index is 0.261. The average molecular weight is 287 g/mol. The number of oxime groups is 1. The van der Waals surface area contributed by atoms with Crippen LogP contribution >= 0.6 is 0 Å². The lowest BCUT2D eigenvalue weighted by Crippen LogP contribution is -2.10. The normalized spacial score (nSPS) is 11.5. The maximum Gasteiger partial charge on any atom is 0.142 e. The lowest BCUT2D eigenvalue weighted by atomic mass is 10.1. The first kappa shape index (κ1) is 15.2. The number of hydrogen-bond acceptors (Lipinski definition) is 3. The van der Waals surface area contributed by atoms with E-state index in [-0.39, 0.29) is 12.4 Å². The molecule has 0 N–H and O–H groups in total. The van der Waals surface area contributed by atoms with Crippen molar-refractivity contribution in [3.63, 3.8) is 0 Å². The Kier molecular flexibility index (Phi) is 5.46. The number of nitrogens with zero attached hydrogens (tertiary/aromatic N) is 1. The van der Waals surface area contributed by atoms with Gasteiger partial charge in [0.2, 0.25) is 0 Å². The number of methoxy groups -OCH3 is 1. The van der Waals surface area contributed by atoms with E-state index in [0.29, 0.717) is 23.4 Å². The number of aryl methyl sites for hydroxylation is 1. The summed E-state index contributed by atoms with van der Waals surface area (Å²) >= 11 is 0. The van der Waals surface area contributed by atoms with E-state index in [9.17, 15) is 4.39 Å². The first-order chi connectivity index (χ1) is 10.2. The van der Waals surface area contributed by atoms with Gasteiger partial charge in [0.15, 0.2) is 0 Å². The second-order valence-corrected chi connectivity index (χ2v) is 4.69. The standard InChI is InChI=1S/C17H18FNO2/c1-13-8-9-15(10-16(13)18)17(12-20-2)19-21-11-14-6-4-3-5-7-14/h3-10H,11-12H2,1-2H3/b19-17+.